The van der Waals surface area contributed by atoms with Crippen molar-refractivity contribution < 1.29 is 9.53 Å². The molecule has 0 aliphatic rings. The molecule has 0 spiro atoms. The molecular formula is C19H20N4O2S2. The predicted octanol–water partition coefficient (Wildman–Crippen LogP) is 4.72. The van der Waals surface area contributed by atoms with E-state index in [4.69, 9.17) is 4.74 Å². The van der Waals surface area contributed by atoms with Crippen LogP contribution >= 0.6 is 23.1 Å². The third kappa shape index (κ3) is 5.45. The molecule has 0 aliphatic heterocycles. The van der Waals surface area contributed by atoms with Crippen molar-refractivity contribution in [3.63, 3.8) is 0 Å². The van der Waals surface area contributed by atoms with Gasteiger partial charge in [0.25, 0.3) is 0 Å². The first kappa shape index (κ1) is 19.2. The van der Waals surface area contributed by atoms with Gasteiger partial charge in [0.2, 0.25) is 11.0 Å². The Morgan fingerprint density at radius 1 is 1.15 bits per heavy atom. The predicted molar refractivity (Wildman–Crippen MR) is 111 cm³/mol. The van der Waals surface area contributed by atoms with Crippen LogP contribution in [-0.2, 0) is 4.79 Å². The Hall–Kier alpha value is -2.58. The van der Waals surface area contributed by atoms with E-state index < -0.39 is 0 Å². The Balaban J connectivity index is 1.57. The Morgan fingerprint density at radius 2 is 1.93 bits per heavy atom. The summed E-state index contributed by atoms with van der Waals surface area (Å²) in [6.45, 7) is 3.86. The molecule has 0 fully saturated rings. The average Bonchev–Trinajstić information content (AvgIpc) is 3.10. The number of rotatable bonds is 7. The van der Waals surface area contributed by atoms with Gasteiger partial charge in [-0.15, -0.1) is 10.2 Å². The van der Waals surface area contributed by atoms with Gasteiger partial charge < -0.3 is 15.4 Å². The van der Waals surface area contributed by atoms with Gasteiger partial charge in [-0.1, -0.05) is 46.9 Å². The van der Waals surface area contributed by atoms with E-state index in [0.29, 0.717) is 5.13 Å². The SMILES string of the molecule is COc1cccc(Nc2nnc(SC(C)C(=O)Nc3ccc(C)cc3)s2)c1. The Kier molecular flexibility index (Phi) is 6.31. The highest BCUT2D eigenvalue weighted by Crippen LogP contribution is 2.31. The third-order valence-electron chi connectivity index (χ3n) is 3.69. The minimum Gasteiger partial charge on any atom is -0.497 e. The summed E-state index contributed by atoms with van der Waals surface area (Å²) >= 11 is 2.79. The summed E-state index contributed by atoms with van der Waals surface area (Å²) < 4.78 is 5.94. The van der Waals surface area contributed by atoms with Crippen LogP contribution in [0, 0.1) is 6.92 Å². The number of methoxy groups -OCH3 is 1. The maximum atomic E-state index is 12.4. The number of hydrogen-bond donors (Lipinski definition) is 2. The molecule has 3 aromatic rings. The monoisotopic (exact) mass is 400 g/mol. The smallest absolute Gasteiger partial charge is 0.237 e. The van der Waals surface area contributed by atoms with Crippen molar-refractivity contribution >= 4 is 45.5 Å². The van der Waals surface area contributed by atoms with Gasteiger partial charge in [0, 0.05) is 17.4 Å². The van der Waals surface area contributed by atoms with Crippen molar-refractivity contribution in [1.82, 2.24) is 10.2 Å². The Morgan fingerprint density at radius 3 is 2.67 bits per heavy atom. The van der Waals surface area contributed by atoms with E-state index >= 15 is 0 Å². The fourth-order valence-corrected chi connectivity index (χ4v) is 4.13. The standard InChI is InChI=1S/C19H20N4O2S2/c1-12-7-9-14(10-8-12)20-17(24)13(2)26-19-23-22-18(27-19)21-15-5-4-6-16(11-15)25-3/h4-11,13H,1-3H3,(H,20,24)(H,21,22). The summed E-state index contributed by atoms with van der Waals surface area (Å²) in [7, 11) is 1.63. The fourth-order valence-electron chi connectivity index (χ4n) is 2.22. The van der Waals surface area contributed by atoms with E-state index in [-0.39, 0.29) is 11.2 Å². The number of carbonyl (C=O) groups is 1. The van der Waals surface area contributed by atoms with E-state index in [2.05, 4.69) is 20.8 Å². The fraction of sp³-hybridized carbons (Fsp3) is 0.211. The second-order valence-corrected chi connectivity index (χ2v) is 8.41. The number of amides is 1. The molecule has 0 bridgehead atoms. The van der Waals surface area contributed by atoms with Gasteiger partial charge in [0.1, 0.15) is 5.75 Å². The molecular weight excluding hydrogens is 380 g/mol. The van der Waals surface area contributed by atoms with E-state index in [1.54, 1.807) is 7.11 Å². The summed E-state index contributed by atoms with van der Waals surface area (Å²) in [5.41, 5.74) is 2.81. The molecule has 3 rings (SSSR count). The van der Waals surface area contributed by atoms with Crippen molar-refractivity contribution in [3.05, 3.63) is 54.1 Å². The molecule has 1 aromatic heterocycles. The van der Waals surface area contributed by atoms with E-state index in [1.165, 1.54) is 23.1 Å². The lowest BCUT2D eigenvalue weighted by Crippen LogP contribution is -2.22. The Labute approximate surface area is 166 Å². The molecule has 27 heavy (non-hydrogen) atoms. The van der Waals surface area contributed by atoms with Gasteiger partial charge in [-0.3, -0.25) is 4.79 Å². The van der Waals surface area contributed by atoms with Crippen LogP contribution in [-0.4, -0.2) is 28.5 Å². The van der Waals surface area contributed by atoms with Gasteiger partial charge in [-0.2, -0.15) is 0 Å². The zero-order valence-corrected chi connectivity index (χ0v) is 16.9. The molecule has 8 heteroatoms. The van der Waals surface area contributed by atoms with Crippen molar-refractivity contribution in [1.29, 1.82) is 0 Å². The van der Waals surface area contributed by atoms with Crippen LogP contribution in [0.3, 0.4) is 0 Å². The molecule has 140 valence electrons. The molecule has 0 saturated heterocycles. The highest BCUT2D eigenvalue weighted by atomic mass is 32.2. The molecule has 6 nitrogen and oxygen atoms in total. The molecule has 2 N–H and O–H groups in total. The van der Waals surface area contributed by atoms with E-state index in [9.17, 15) is 4.79 Å². The first-order chi connectivity index (χ1) is 13.0. The maximum absolute atomic E-state index is 12.4. The molecule has 0 radical (unpaired) electrons. The molecule has 0 aliphatic carbocycles. The zero-order chi connectivity index (χ0) is 19.2. The first-order valence-corrected chi connectivity index (χ1v) is 10.0. The molecule has 1 unspecified atom stereocenters. The average molecular weight is 401 g/mol. The highest BCUT2D eigenvalue weighted by molar-refractivity contribution is 8.02. The number of hydrogen-bond acceptors (Lipinski definition) is 7. The van der Waals surface area contributed by atoms with Gasteiger partial charge in [-0.25, -0.2) is 0 Å². The molecule has 1 heterocycles. The van der Waals surface area contributed by atoms with Crippen molar-refractivity contribution in [3.8, 4) is 5.75 Å². The van der Waals surface area contributed by atoms with Crippen molar-refractivity contribution in [2.24, 2.45) is 0 Å². The second kappa shape index (κ2) is 8.88. The molecule has 1 amide bonds. The summed E-state index contributed by atoms with van der Waals surface area (Å²) in [5, 5.41) is 14.8. The number of nitrogens with one attached hydrogen (secondary N) is 2. The summed E-state index contributed by atoms with van der Waals surface area (Å²) in [4.78, 5) is 12.4. The number of carbonyl (C=O) groups excluding carboxylic acids is 1. The topological polar surface area (TPSA) is 76.1 Å². The molecule has 0 saturated carbocycles. The number of ether oxygens (including phenoxy) is 1. The number of benzene rings is 2. The first-order valence-electron chi connectivity index (χ1n) is 8.32. The van der Waals surface area contributed by atoms with E-state index in [0.717, 1.165) is 27.0 Å². The zero-order valence-electron chi connectivity index (χ0n) is 15.2. The number of thioether (sulfide) groups is 1. The van der Waals surface area contributed by atoms with Crippen LogP contribution in [0.4, 0.5) is 16.5 Å². The largest absolute Gasteiger partial charge is 0.497 e. The quantitative estimate of drug-likeness (QED) is 0.559. The van der Waals surface area contributed by atoms with Crippen LogP contribution in [0.2, 0.25) is 0 Å². The lowest BCUT2D eigenvalue weighted by Gasteiger charge is -2.10. The van der Waals surface area contributed by atoms with Crippen LogP contribution in [0.15, 0.2) is 52.9 Å². The van der Waals surface area contributed by atoms with E-state index in [1.807, 2.05) is 62.4 Å². The van der Waals surface area contributed by atoms with Crippen LogP contribution in [0.5, 0.6) is 5.75 Å². The second-order valence-electron chi connectivity index (χ2n) is 5.85. The number of nitrogens with zero attached hydrogens (tertiary/aromatic N) is 2. The minimum atomic E-state index is -0.288. The maximum Gasteiger partial charge on any atom is 0.237 e. The number of aromatic nitrogens is 2. The molecule has 2 aromatic carbocycles. The highest BCUT2D eigenvalue weighted by Gasteiger charge is 2.17. The summed E-state index contributed by atoms with van der Waals surface area (Å²) in [6, 6.07) is 15.3. The van der Waals surface area contributed by atoms with Gasteiger partial charge in [0.15, 0.2) is 4.34 Å². The number of aryl methyl sites for hydroxylation is 1. The lowest BCUT2D eigenvalue weighted by atomic mass is 10.2. The third-order valence-corrected chi connectivity index (χ3v) is 5.72. The normalized spacial score (nSPS) is 11.7. The van der Waals surface area contributed by atoms with Gasteiger partial charge >= 0.3 is 0 Å². The lowest BCUT2D eigenvalue weighted by molar-refractivity contribution is -0.115. The Bertz CT molecular complexity index is 912. The van der Waals surface area contributed by atoms with Crippen LogP contribution in [0.25, 0.3) is 0 Å². The van der Waals surface area contributed by atoms with Crippen LogP contribution < -0.4 is 15.4 Å². The summed E-state index contributed by atoms with van der Waals surface area (Å²) in [6.07, 6.45) is 0. The van der Waals surface area contributed by atoms with Crippen molar-refractivity contribution in [2.75, 3.05) is 17.7 Å². The van der Waals surface area contributed by atoms with Gasteiger partial charge in [-0.05, 0) is 38.1 Å². The van der Waals surface area contributed by atoms with Gasteiger partial charge in [0.05, 0.1) is 12.4 Å². The summed E-state index contributed by atoms with van der Waals surface area (Å²) in [5.74, 6) is 0.696. The molecule has 1 atom stereocenters. The van der Waals surface area contributed by atoms with Crippen molar-refractivity contribution in [2.45, 2.75) is 23.4 Å². The van der Waals surface area contributed by atoms with Crippen LogP contribution in [0.1, 0.15) is 12.5 Å². The number of anilines is 3. The minimum absolute atomic E-state index is 0.0682.